The van der Waals surface area contributed by atoms with Gasteiger partial charge < -0.3 is 30.9 Å². The molecule has 0 aliphatic heterocycles. The molecule has 0 aliphatic rings. The van der Waals surface area contributed by atoms with E-state index < -0.39 is 0 Å². The first-order valence-corrected chi connectivity index (χ1v) is 8.44. The molecule has 0 spiro atoms. The van der Waals surface area contributed by atoms with Gasteiger partial charge >= 0.3 is 0 Å². The second-order valence-electron chi connectivity index (χ2n) is 5.50. The number of unbranched alkanes of at least 4 members (excludes halogenated alkanes) is 1. The number of nitrogens with one attached hydrogen (secondary N) is 2. The van der Waals surface area contributed by atoms with Crippen molar-refractivity contribution in [1.82, 2.24) is 10.6 Å². The summed E-state index contributed by atoms with van der Waals surface area (Å²) in [6, 6.07) is 3.27. The molecule has 0 aliphatic carbocycles. The number of carbonyl (C=O) groups is 1. The molecule has 0 bridgehead atoms. The highest BCUT2D eigenvalue weighted by Gasteiger charge is 2.10. The van der Waals surface area contributed by atoms with Gasteiger partial charge in [0.2, 0.25) is 11.7 Å². The molecule has 0 unspecified atom stereocenters. The Morgan fingerprint density at radius 3 is 2.32 bits per heavy atom. The molecule has 0 heterocycles. The Morgan fingerprint density at radius 2 is 1.72 bits per heavy atom. The number of carbonyl (C=O) groups excluding carboxylic acids is 1. The van der Waals surface area contributed by atoms with Gasteiger partial charge in [-0.1, -0.05) is 0 Å². The fourth-order valence-corrected chi connectivity index (χ4v) is 2.18. The number of hydrogen-bond acceptors (Lipinski definition) is 6. The topological polar surface area (TPSA) is 106 Å². The van der Waals surface area contributed by atoms with Crippen LogP contribution in [0.3, 0.4) is 0 Å². The van der Waals surface area contributed by atoms with Gasteiger partial charge in [-0.2, -0.15) is 0 Å². The summed E-state index contributed by atoms with van der Waals surface area (Å²) < 4.78 is 10.2. The molecule has 0 atom stereocenters. The van der Waals surface area contributed by atoms with E-state index in [2.05, 4.69) is 10.6 Å². The minimum Gasteiger partial charge on any atom is -0.502 e. The lowest BCUT2D eigenvalue weighted by molar-refractivity contribution is -0.116. The largest absolute Gasteiger partial charge is 0.502 e. The first kappa shape index (κ1) is 20.8. The quantitative estimate of drug-likeness (QED) is 0.334. The summed E-state index contributed by atoms with van der Waals surface area (Å²) in [6.07, 6.45) is 5.99. The minimum absolute atomic E-state index is 0.0633. The normalized spacial score (nSPS) is 10.8. The number of phenolic OH excluding ortho intramolecular Hbond substituents is 1. The number of ether oxygens (including phenoxy) is 2. The third-order valence-corrected chi connectivity index (χ3v) is 3.57. The van der Waals surface area contributed by atoms with E-state index in [9.17, 15) is 9.90 Å². The first-order valence-electron chi connectivity index (χ1n) is 8.44. The molecular formula is C18H29N3O4. The van der Waals surface area contributed by atoms with Crippen LogP contribution in [0.25, 0.3) is 6.08 Å². The highest BCUT2D eigenvalue weighted by molar-refractivity contribution is 5.91. The Kier molecular flexibility index (Phi) is 10.1. The van der Waals surface area contributed by atoms with Gasteiger partial charge in [0, 0.05) is 12.6 Å². The number of phenols is 1. The average molecular weight is 351 g/mol. The zero-order chi connectivity index (χ0) is 18.5. The first-order chi connectivity index (χ1) is 12.1. The predicted molar refractivity (Wildman–Crippen MR) is 99.0 cm³/mol. The van der Waals surface area contributed by atoms with Crippen LogP contribution in [-0.2, 0) is 4.79 Å². The highest BCUT2D eigenvalue weighted by Crippen LogP contribution is 2.37. The van der Waals surface area contributed by atoms with Crippen molar-refractivity contribution in [3.05, 3.63) is 23.8 Å². The van der Waals surface area contributed by atoms with Gasteiger partial charge in [-0.15, -0.1) is 0 Å². The molecule has 140 valence electrons. The van der Waals surface area contributed by atoms with Crippen LogP contribution in [0.15, 0.2) is 18.2 Å². The van der Waals surface area contributed by atoms with Crippen LogP contribution in [0.1, 0.15) is 24.8 Å². The van der Waals surface area contributed by atoms with E-state index >= 15 is 0 Å². The average Bonchev–Trinajstić information content (AvgIpc) is 2.62. The number of methoxy groups -OCH3 is 2. The van der Waals surface area contributed by atoms with Crippen molar-refractivity contribution in [2.45, 2.75) is 19.3 Å². The Bertz CT molecular complexity index is 536. The fraction of sp³-hybridized carbons (Fsp3) is 0.500. The number of amides is 1. The molecule has 1 rings (SSSR count). The minimum atomic E-state index is -0.165. The Morgan fingerprint density at radius 1 is 1.12 bits per heavy atom. The molecule has 0 radical (unpaired) electrons. The van der Waals surface area contributed by atoms with Crippen LogP contribution in [0, 0.1) is 0 Å². The van der Waals surface area contributed by atoms with E-state index in [1.807, 2.05) is 0 Å². The van der Waals surface area contributed by atoms with Crippen molar-refractivity contribution in [1.29, 1.82) is 0 Å². The Labute approximate surface area is 149 Å². The second-order valence-corrected chi connectivity index (χ2v) is 5.50. The van der Waals surface area contributed by atoms with Gasteiger partial charge in [0.15, 0.2) is 11.5 Å². The molecule has 7 nitrogen and oxygen atoms in total. The molecule has 1 aromatic carbocycles. The third-order valence-electron chi connectivity index (χ3n) is 3.57. The van der Waals surface area contributed by atoms with E-state index in [1.54, 1.807) is 18.2 Å². The van der Waals surface area contributed by atoms with Crippen LogP contribution in [-0.4, -0.2) is 51.4 Å². The van der Waals surface area contributed by atoms with E-state index in [0.29, 0.717) is 30.2 Å². The molecule has 25 heavy (non-hydrogen) atoms. The maximum Gasteiger partial charge on any atom is 0.243 e. The zero-order valence-corrected chi connectivity index (χ0v) is 15.0. The standard InChI is InChI=1S/C18H29N3O4/c1-24-15-12-14(13-16(25-2)18(15)23)6-7-17(22)21-11-4-3-9-20-10-5-8-19/h6-7,12-13,20,23H,3-5,8-11,19H2,1-2H3,(H,21,22)/b7-6+. The summed E-state index contributed by atoms with van der Waals surface area (Å²) in [4.78, 5) is 11.8. The molecule has 1 aromatic rings. The van der Waals surface area contributed by atoms with Crippen LogP contribution < -0.4 is 25.8 Å². The molecule has 1 amide bonds. The molecule has 0 fully saturated rings. The van der Waals surface area contributed by atoms with Crippen molar-refractivity contribution in [2.75, 3.05) is 40.4 Å². The number of nitrogens with two attached hydrogens (primary N) is 1. The van der Waals surface area contributed by atoms with Crippen molar-refractivity contribution in [3.63, 3.8) is 0 Å². The van der Waals surface area contributed by atoms with Crippen LogP contribution in [0.4, 0.5) is 0 Å². The predicted octanol–water partition coefficient (Wildman–Crippen LogP) is 1.26. The van der Waals surface area contributed by atoms with E-state index in [1.165, 1.54) is 20.3 Å². The van der Waals surface area contributed by atoms with E-state index in [-0.39, 0.29) is 11.7 Å². The lowest BCUT2D eigenvalue weighted by Crippen LogP contribution is -2.24. The highest BCUT2D eigenvalue weighted by atomic mass is 16.5. The Balaban J connectivity index is 2.37. The SMILES string of the molecule is COc1cc(/C=C/C(=O)NCCCCNCCCN)cc(OC)c1O. The van der Waals surface area contributed by atoms with Crippen molar-refractivity contribution in [3.8, 4) is 17.2 Å². The maximum absolute atomic E-state index is 11.8. The lowest BCUT2D eigenvalue weighted by Gasteiger charge is -2.09. The summed E-state index contributed by atoms with van der Waals surface area (Å²) >= 11 is 0. The molecule has 0 aromatic heterocycles. The maximum atomic E-state index is 11.8. The number of hydrogen-bond donors (Lipinski definition) is 4. The fourth-order valence-electron chi connectivity index (χ4n) is 2.18. The summed E-state index contributed by atoms with van der Waals surface area (Å²) in [6.45, 7) is 3.20. The third kappa shape index (κ3) is 7.91. The van der Waals surface area contributed by atoms with Crippen molar-refractivity contribution in [2.24, 2.45) is 5.73 Å². The lowest BCUT2D eigenvalue weighted by atomic mass is 10.1. The van der Waals surface area contributed by atoms with Gasteiger partial charge in [0.25, 0.3) is 0 Å². The summed E-state index contributed by atoms with van der Waals surface area (Å²) in [7, 11) is 2.92. The second kappa shape index (κ2) is 12.2. The summed E-state index contributed by atoms with van der Waals surface area (Å²) in [5.74, 6) is 0.358. The van der Waals surface area contributed by atoms with Gasteiger partial charge in [-0.3, -0.25) is 4.79 Å². The molecule has 0 saturated heterocycles. The van der Waals surface area contributed by atoms with Crippen molar-refractivity contribution >= 4 is 12.0 Å². The van der Waals surface area contributed by atoms with Gasteiger partial charge in [-0.05, 0) is 62.7 Å². The van der Waals surface area contributed by atoms with Gasteiger partial charge in [0.05, 0.1) is 14.2 Å². The van der Waals surface area contributed by atoms with Crippen LogP contribution in [0.5, 0.6) is 17.2 Å². The Hall–Kier alpha value is -2.25. The van der Waals surface area contributed by atoms with Gasteiger partial charge in [0.1, 0.15) is 0 Å². The summed E-state index contributed by atoms with van der Waals surface area (Å²) in [5, 5.41) is 16.0. The van der Waals surface area contributed by atoms with Gasteiger partial charge in [-0.25, -0.2) is 0 Å². The number of aromatic hydroxyl groups is 1. The summed E-state index contributed by atoms with van der Waals surface area (Å²) in [5.41, 5.74) is 6.11. The zero-order valence-electron chi connectivity index (χ0n) is 15.0. The van der Waals surface area contributed by atoms with E-state index in [4.69, 9.17) is 15.2 Å². The molecule has 0 saturated carbocycles. The van der Waals surface area contributed by atoms with E-state index in [0.717, 1.165) is 32.4 Å². The van der Waals surface area contributed by atoms with Crippen LogP contribution >= 0.6 is 0 Å². The smallest absolute Gasteiger partial charge is 0.243 e. The number of rotatable bonds is 12. The molecule has 7 heteroatoms. The number of benzene rings is 1. The van der Waals surface area contributed by atoms with Crippen LogP contribution in [0.2, 0.25) is 0 Å². The molecular weight excluding hydrogens is 322 g/mol. The monoisotopic (exact) mass is 351 g/mol. The molecule has 5 N–H and O–H groups in total. The van der Waals surface area contributed by atoms with Crippen molar-refractivity contribution < 1.29 is 19.4 Å².